The first kappa shape index (κ1) is 18.5. The van der Waals surface area contributed by atoms with E-state index in [9.17, 15) is 14.9 Å². The molecule has 0 aliphatic rings. The number of carbonyl (C=O) groups is 1. The molecule has 0 bridgehead atoms. The minimum Gasteiger partial charge on any atom is -0.492 e. The van der Waals surface area contributed by atoms with E-state index in [4.69, 9.17) is 16.3 Å². The first-order valence-electron chi connectivity index (χ1n) is 7.52. The van der Waals surface area contributed by atoms with E-state index in [0.29, 0.717) is 29.5 Å². The monoisotopic (exact) mass is 360 g/mol. The summed E-state index contributed by atoms with van der Waals surface area (Å²) >= 11 is 5.87. The summed E-state index contributed by atoms with van der Waals surface area (Å²) in [4.78, 5) is 23.8. The second-order valence-corrected chi connectivity index (χ2v) is 5.69. The molecule has 0 aliphatic carbocycles. The lowest BCUT2D eigenvalue weighted by Crippen LogP contribution is -2.29. The van der Waals surface area contributed by atoms with Crippen LogP contribution < -0.4 is 4.74 Å². The van der Waals surface area contributed by atoms with Gasteiger partial charge in [-0.15, -0.1) is 0 Å². The van der Waals surface area contributed by atoms with Crippen molar-refractivity contribution >= 4 is 29.3 Å². The molecule has 2 rings (SSSR count). The summed E-state index contributed by atoms with van der Waals surface area (Å²) in [5, 5.41) is 11.3. The Labute approximate surface area is 150 Å². The number of carbonyl (C=O) groups excluding carboxylic acids is 1. The Morgan fingerprint density at radius 1 is 1.28 bits per heavy atom. The van der Waals surface area contributed by atoms with Crippen LogP contribution in [0.3, 0.4) is 0 Å². The van der Waals surface area contributed by atoms with Crippen LogP contribution in [0.15, 0.2) is 54.6 Å². The van der Waals surface area contributed by atoms with Gasteiger partial charge in [-0.05, 0) is 29.8 Å². The SMILES string of the molecule is CN(CCOc1cccc(Cl)c1)C(=O)C=Cc1cccc([N+](=O)[O-])c1. The molecule has 0 radical (unpaired) electrons. The molecular formula is C18H17ClN2O4. The molecule has 2 aromatic carbocycles. The van der Waals surface area contributed by atoms with Crippen molar-refractivity contribution in [2.24, 2.45) is 0 Å². The predicted molar refractivity (Wildman–Crippen MR) is 96.7 cm³/mol. The highest BCUT2D eigenvalue weighted by molar-refractivity contribution is 6.30. The lowest BCUT2D eigenvalue weighted by molar-refractivity contribution is -0.384. The molecule has 0 saturated heterocycles. The third-order valence-corrected chi connectivity index (χ3v) is 3.60. The Bertz CT molecular complexity index is 792. The Kier molecular flexibility index (Phi) is 6.54. The van der Waals surface area contributed by atoms with Crippen molar-refractivity contribution in [3.8, 4) is 5.75 Å². The van der Waals surface area contributed by atoms with Crippen molar-refractivity contribution in [2.75, 3.05) is 20.2 Å². The highest BCUT2D eigenvalue weighted by Gasteiger charge is 2.07. The van der Waals surface area contributed by atoms with Crippen molar-refractivity contribution in [3.63, 3.8) is 0 Å². The molecule has 6 nitrogen and oxygen atoms in total. The maximum atomic E-state index is 12.1. The fraction of sp³-hybridized carbons (Fsp3) is 0.167. The van der Waals surface area contributed by atoms with Crippen LogP contribution in [0, 0.1) is 10.1 Å². The molecule has 0 aliphatic heterocycles. The van der Waals surface area contributed by atoms with Crippen molar-refractivity contribution in [3.05, 3.63) is 75.3 Å². The van der Waals surface area contributed by atoms with Crippen LogP contribution in [-0.2, 0) is 4.79 Å². The summed E-state index contributed by atoms with van der Waals surface area (Å²) in [5.74, 6) is 0.418. The number of amides is 1. The van der Waals surface area contributed by atoms with Crippen LogP contribution in [0.2, 0.25) is 5.02 Å². The van der Waals surface area contributed by atoms with E-state index in [0.717, 1.165) is 0 Å². The molecular weight excluding hydrogens is 344 g/mol. The molecule has 0 atom stereocenters. The first-order chi connectivity index (χ1) is 12.0. The molecule has 2 aromatic rings. The molecule has 0 unspecified atom stereocenters. The summed E-state index contributed by atoms with van der Waals surface area (Å²) in [5.41, 5.74) is 0.573. The van der Waals surface area contributed by atoms with Gasteiger partial charge in [0.1, 0.15) is 12.4 Å². The zero-order valence-corrected chi connectivity index (χ0v) is 14.3. The number of benzene rings is 2. The number of hydrogen-bond acceptors (Lipinski definition) is 4. The normalized spacial score (nSPS) is 10.6. The van der Waals surface area contributed by atoms with E-state index >= 15 is 0 Å². The van der Waals surface area contributed by atoms with Crippen LogP contribution in [0.5, 0.6) is 5.75 Å². The Morgan fingerprint density at radius 3 is 2.76 bits per heavy atom. The molecule has 0 spiro atoms. The van der Waals surface area contributed by atoms with Crippen molar-refractivity contribution in [2.45, 2.75) is 0 Å². The number of nitro benzene ring substituents is 1. The highest BCUT2D eigenvalue weighted by Crippen LogP contribution is 2.17. The smallest absolute Gasteiger partial charge is 0.270 e. The van der Waals surface area contributed by atoms with Gasteiger partial charge in [-0.2, -0.15) is 0 Å². The third-order valence-electron chi connectivity index (χ3n) is 3.37. The fourth-order valence-electron chi connectivity index (χ4n) is 2.00. The molecule has 130 valence electrons. The topological polar surface area (TPSA) is 72.7 Å². The number of likely N-dealkylation sites (N-methyl/N-ethyl adjacent to an activating group) is 1. The third kappa shape index (κ3) is 5.93. The second kappa shape index (κ2) is 8.84. The maximum Gasteiger partial charge on any atom is 0.270 e. The zero-order valence-electron chi connectivity index (χ0n) is 13.6. The number of halogens is 1. The molecule has 25 heavy (non-hydrogen) atoms. The summed E-state index contributed by atoms with van der Waals surface area (Å²) < 4.78 is 5.54. The Balaban J connectivity index is 1.85. The van der Waals surface area contributed by atoms with E-state index in [1.165, 1.54) is 23.1 Å². The quantitative estimate of drug-likeness (QED) is 0.427. The minimum atomic E-state index is -0.474. The molecule has 0 N–H and O–H groups in total. The highest BCUT2D eigenvalue weighted by atomic mass is 35.5. The van der Waals surface area contributed by atoms with Gasteiger partial charge in [-0.25, -0.2) is 0 Å². The zero-order chi connectivity index (χ0) is 18.2. The molecule has 7 heteroatoms. The van der Waals surface area contributed by atoms with Gasteiger partial charge in [-0.1, -0.05) is 29.8 Å². The largest absolute Gasteiger partial charge is 0.492 e. The summed E-state index contributed by atoms with van der Waals surface area (Å²) in [7, 11) is 1.65. The summed E-state index contributed by atoms with van der Waals surface area (Å²) in [6, 6.07) is 13.1. The van der Waals surface area contributed by atoms with E-state index < -0.39 is 4.92 Å². The summed E-state index contributed by atoms with van der Waals surface area (Å²) in [6.45, 7) is 0.720. The first-order valence-corrected chi connectivity index (χ1v) is 7.89. The average Bonchev–Trinajstić information content (AvgIpc) is 2.60. The number of ether oxygens (including phenoxy) is 1. The van der Waals surface area contributed by atoms with Crippen molar-refractivity contribution < 1.29 is 14.5 Å². The predicted octanol–water partition coefficient (Wildman–Crippen LogP) is 3.80. The number of nitrogens with zero attached hydrogens (tertiary/aromatic N) is 2. The van der Waals surface area contributed by atoms with Gasteiger partial charge in [0.25, 0.3) is 5.69 Å². The standard InChI is InChI=1S/C18H17ClN2O4/c1-20(10-11-25-17-7-3-5-15(19)13-17)18(22)9-8-14-4-2-6-16(12-14)21(23)24/h2-9,12-13H,10-11H2,1H3. The number of rotatable bonds is 7. The number of nitro groups is 1. The van der Waals surface area contributed by atoms with Crippen LogP contribution in [0.25, 0.3) is 6.08 Å². The molecule has 0 heterocycles. The molecule has 0 aromatic heterocycles. The van der Waals surface area contributed by atoms with Crippen LogP contribution in [-0.4, -0.2) is 35.9 Å². The number of non-ortho nitro benzene ring substituents is 1. The van der Waals surface area contributed by atoms with Gasteiger partial charge in [-0.3, -0.25) is 14.9 Å². The van der Waals surface area contributed by atoms with E-state index in [1.807, 2.05) is 0 Å². The van der Waals surface area contributed by atoms with E-state index in [2.05, 4.69) is 0 Å². The minimum absolute atomic E-state index is 0.0159. The van der Waals surface area contributed by atoms with Gasteiger partial charge >= 0.3 is 0 Å². The van der Waals surface area contributed by atoms with Crippen LogP contribution in [0.4, 0.5) is 5.69 Å². The Morgan fingerprint density at radius 2 is 2.04 bits per heavy atom. The number of hydrogen-bond donors (Lipinski definition) is 0. The van der Waals surface area contributed by atoms with Gasteiger partial charge in [0.15, 0.2) is 0 Å². The van der Waals surface area contributed by atoms with Gasteiger partial charge in [0, 0.05) is 30.3 Å². The van der Waals surface area contributed by atoms with E-state index in [-0.39, 0.29) is 11.6 Å². The summed E-state index contributed by atoms with van der Waals surface area (Å²) in [6.07, 6.45) is 2.92. The van der Waals surface area contributed by atoms with Gasteiger partial charge in [0.2, 0.25) is 5.91 Å². The molecule has 1 amide bonds. The van der Waals surface area contributed by atoms with Crippen LogP contribution >= 0.6 is 11.6 Å². The van der Waals surface area contributed by atoms with Crippen LogP contribution in [0.1, 0.15) is 5.56 Å². The van der Waals surface area contributed by atoms with Gasteiger partial charge in [0.05, 0.1) is 11.5 Å². The van der Waals surface area contributed by atoms with E-state index in [1.54, 1.807) is 49.5 Å². The average molecular weight is 361 g/mol. The van der Waals surface area contributed by atoms with Gasteiger partial charge < -0.3 is 9.64 Å². The van der Waals surface area contributed by atoms with Crippen molar-refractivity contribution in [1.29, 1.82) is 0 Å². The lowest BCUT2D eigenvalue weighted by Gasteiger charge is -2.15. The maximum absolute atomic E-state index is 12.1. The molecule has 0 saturated carbocycles. The molecule has 0 fully saturated rings. The lowest BCUT2D eigenvalue weighted by atomic mass is 10.2. The second-order valence-electron chi connectivity index (χ2n) is 5.25. The fourth-order valence-corrected chi connectivity index (χ4v) is 2.18. The Hall–Kier alpha value is -2.86. The van der Waals surface area contributed by atoms with Crippen molar-refractivity contribution in [1.82, 2.24) is 4.90 Å².